The van der Waals surface area contributed by atoms with Crippen molar-refractivity contribution in [3.05, 3.63) is 85.9 Å². The number of rotatable bonds is 5. The minimum absolute atomic E-state index is 0.135. The molecule has 5 rings (SSSR count). The summed E-state index contributed by atoms with van der Waals surface area (Å²) in [5.41, 5.74) is -0.823. The number of fused-ring (bicyclic) bond motifs is 2. The molecule has 0 bridgehead atoms. The second-order valence-electron chi connectivity index (χ2n) is 7.24. The maximum absolute atomic E-state index is 13.7. The van der Waals surface area contributed by atoms with E-state index in [1.807, 2.05) is 0 Å². The highest BCUT2D eigenvalue weighted by Crippen LogP contribution is 2.32. The molecule has 0 fully saturated rings. The monoisotopic (exact) mass is 471 g/mol. The van der Waals surface area contributed by atoms with E-state index in [1.54, 1.807) is 29.6 Å². The van der Waals surface area contributed by atoms with Gasteiger partial charge in [0.05, 0.1) is 11.2 Å². The lowest BCUT2D eigenvalue weighted by Crippen LogP contribution is -2.41. The van der Waals surface area contributed by atoms with Crippen LogP contribution in [0.15, 0.2) is 57.4 Å². The van der Waals surface area contributed by atoms with Gasteiger partial charge in [0, 0.05) is 12.6 Å². The van der Waals surface area contributed by atoms with Crippen molar-refractivity contribution in [2.75, 3.05) is 6.79 Å². The highest BCUT2D eigenvalue weighted by atomic mass is 32.1. The van der Waals surface area contributed by atoms with Crippen LogP contribution >= 0.6 is 11.3 Å². The van der Waals surface area contributed by atoms with Gasteiger partial charge in [-0.2, -0.15) is 0 Å². The summed E-state index contributed by atoms with van der Waals surface area (Å²) in [6.07, 6.45) is 0. The van der Waals surface area contributed by atoms with Crippen molar-refractivity contribution in [2.45, 2.75) is 13.1 Å². The van der Waals surface area contributed by atoms with Crippen molar-refractivity contribution >= 4 is 27.5 Å². The Morgan fingerprint density at radius 2 is 1.79 bits per heavy atom. The smallest absolute Gasteiger partial charge is 0.336 e. The number of amides is 1. The predicted molar refractivity (Wildman–Crippen MR) is 116 cm³/mol. The highest BCUT2D eigenvalue weighted by Gasteiger charge is 2.19. The van der Waals surface area contributed by atoms with E-state index in [-0.39, 0.29) is 29.2 Å². The van der Waals surface area contributed by atoms with Crippen LogP contribution in [0.25, 0.3) is 15.9 Å². The summed E-state index contributed by atoms with van der Waals surface area (Å²) in [4.78, 5) is 38.7. The van der Waals surface area contributed by atoms with Crippen LogP contribution in [0.3, 0.4) is 0 Å². The average molecular weight is 471 g/mol. The van der Waals surface area contributed by atoms with Gasteiger partial charge in [-0.05, 0) is 41.3 Å². The number of aromatic nitrogens is 2. The van der Waals surface area contributed by atoms with E-state index < -0.39 is 35.3 Å². The van der Waals surface area contributed by atoms with Gasteiger partial charge >= 0.3 is 5.69 Å². The van der Waals surface area contributed by atoms with Crippen LogP contribution in [0.1, 0.15) is 5.56 Å². The van der Waals surface area contributed by atoms with Crippen molar-refractivity contribution in [3.63, 3.8) is 0 Å². The van der Waals surface area contributed by atoms with Gasteiger partial charge in [0.15, 0.2) is 11.5 Å². The number of halogens is 2. The molecule has 1 aliphatic rings. The van der Waals surface area contributed by atoms with Gasteiger partial charge in [0.1, 0.15) is 22.9 Å². The van der Waals surface area contributed by atoms with Crippen molar-refractivity contribution in [1.82, 2.24) is 14.5 Å². The second-order valence-corrected chi connectivity index (χ2v) is 8.15. The Morgan fingerprint density at radius 3 is 2.58 bits per heavy atom. The molecule has 2 aromatic carbocycles. The molecule has 0 aliphatic carbocycles. The molecule has 1 N–H and O–H groups in total. The summed E-state index contributed by atoms with van der Waals surface area (Å²) < 4.78 is 40.0. The van der Waals surface area contributed by atoms with Crippen molar-refractivity contribution < 1.29 is 23.0 Å². The maximum atomic E-state index is 13.7. The SMILES string of the molecule is O=C(Cn1c(=O)n(-c2cc(F)cc(F)c2)c(=O)c2sccc21)NCc1ccc2c(c1)OCO2. The maximum Gasteiger partial charge on any atom is 0.336 e. The molecule has 0 saturated carbocycles. The topological polar surface area (TPSA) is 91.6 Å². The molecule has 3 heterocycles. The van der Waals surface area contributed by atoms with Gasteiger partial charge in [0.2, 0.25) is 12.7 Å². The number of hydrogen-bond donors (Lipinski definition) is 1. The molecule has 0 atom stereocenters. The third-order valence-corrected chi connectivity index (χ3v) is 5.98. The summed E-state index contributed by atoms with van der Waals surface area (Å²) in [6.45, 7) is -0.0872. The average Bonchev–Trinajstić information content (AvgIpc) is 3.44. The van der Waals surface area contributed by atoms with Crippen molar-refractivity contribution in [3.8, 4) is 17.2 Å². The van der Waals surface area contributed by atoms with Gasteiger partial charge in [-0.15, -0.1) is 11.3 Å². The van der Waals surface area contributed by atoms with Gasteiger partial charge in [-0.3, -0.25) is 14.2 Å². The van der Waals surface area contributed by atoms with E-state index in [9.17, 15) is 23.2 Å². The minimum atomic E-state index is -0.935. The Bertz CT molecular complexity index is 1500. The van der Waals surface area contributed by atoms with Crippen LogP contribution in [0, 0.1) is 11.6 Å². The first-order valence-electron chi connectivity index (χ1n) is 9.75. The lowest BCUT2D eigenvalue weighted by Gasteiger charge is -2.13. The Balaban J connectivity index is 1.46. The molecular weight excluding hydrogens is 456 g/mol. The molecule has 0 radical (unpaired) electrons. The van der Waals surface area contributed by atoms with Crippen molar-refractivity contribution in [1.29, 1.82) is 0 Å². The van der Waals surface area contributed by atoms with Crippen LogP contribution < -0.4 is 26.0 Å². The molecule has 0 unspecified atom stereocenters. The van der Waals surface area contributed by atoms with Crippen molar-refractivity contribution in [2.24, 2.45) is 0 Å². The molecule has 4 aromatic rings. The Labute approximate surface area is 188 Å². The lowest BCUT2D eigenvalue weighted by atomic mass is 10.2. The highest BCUT2D eigenvalue weighted by molar-refractivity contribution is 7.17. The zero-order valence-electron chi connectivity index (χ0n) is 16.8. The number of thiophene rings is 1. The zero-order chi connectivity index (χ0) is 23.1. The Kier molecular flexibility index (Phi) is 5.17. The number of nitrogens with one attached hydrogen (secondary N) is 1. The predicted octanol–water partition coefficient (Wildman–Crippen LogP) is 2.54. The summed E-state index contributed by atoms with van der Waals surface area (Å²) >= 11 is 1.06. The molecule has 1 aliphatic heterocycles. The quantitative estimate of drug-likeness (QED) is 0.483. The largest absolute Gasteiger partial charge is 0.454 e. The lowest BCUT2D eigenvalue weighted by molar-refractivity contribution is -0.121. The van der Waals surface area contributed by atoms with Crippen LogP contribution in [-0.2, 0) is 17.9 Å². The summed E-state index contributed by atoms with van der Waals surface area (Å²) in [5, 5.41) is 4.32. The standard InChI is InChI=1S/C22H15F2N3O5S/c23-13-6-14(24)8-15(7-13)27-21(29)20-16(3-4-33-20)26(22(27)30)10-19(28)25-9-12-1-2-17-18(5-12)32-11-31-17/h1-8H,9-11H2,(H,25,28). The van der Waals surface area contributed by atoms with Crippen LogP contribution in [-0.4, -0.2) is 21.8 Å². The first-order chi connectivity index (χ1) is 15.9. The summed E-state index contributed by atoms with van der Waals surface area (Å²) in [6, 6.07) is 9.20. The molecular formula is C22H15F2N3O5S. The van der Waals surface area contributed by atoms with E-state index in [2.05, 4.69) is 5.32 Å². The molecule has 1 amide bonds. The molecule has 168 valence electrons. The van der Waals surface area contributed by atoms with Gasteiger partial charge in [-0.25, -0.2) is 18.1 Å². The third-order valence-electron chi connectivity index (χ3n) is 5.09. The number of ether oxygens (including phenoxy) is 2. The molecule has 0 saturated heterocycles. The fraction of sp³-hybridized carbons (Fsp3) is 0.136. The molecule has 8 nitrogen and oxygen atoms in total. The second kappa shape index (κ2) is 8.17. The van der Waals surface area contributed by atoms with E-state index in [4.69, 9.17) is 9.47 Å². The summed E-state index contributed by atoms with van der Waals surface area (Å²) in [5.74, 6) is -1.16. The van der Waals surface area contributed by atoms with Gasteiger partial charge in [0.25, 0.3) is 5.56 Å². The number of hydrogen-bond acceptors (Lipinski definition) is 6. The first kappa shape index (κ1) is 20.9. The van der Waals surface area contributed by atoms with E-state index in [1.165, 1.54) is 0 Å². The number of benzene rings is 2. The Hall–Kier alpha value is -3.99. The fourth-order valence-corrected chi connectivity index (χ4v) is 4.41. The molecule has 2 aromatic heterocycles. The molecule has 0 spiro atoms. The summed E-state index contributed by atoms with van der Waals surface area (Å²) in [7, 11) is 0. The molecule has 33 heavy (non-hydrogen) atoms. The van der Waals surface area contributed by atoms with E-state index >= 15 is 0 Å². The van der Waals surface area contributed by atoms with Crippen LogP contribution in [0.4, 0.5) is 8.78 Å². The molecule has 11 heteroatoms. The van der Waals surface area contributed by atoms with Crippen LogP contribution in [0.5, 0.6) is 11.5 Å². The van der Waals surface area contributed by atoms with E-state index in [0.717, 1.165) is 33.6 Å². The first-order valence-corrected chi connectivity index (χ1v) is 10.6. The fourth-order valence-electron chi connectivity index (χ4n) is 3.59. The number of nitrogens with zero attached hydrogens (tertiary/aromatic N) is 2. The Morgan fingerprint density at radius 1 is 1.03 bits per heavy atom. The number of carbonyl (C=O) groups excluding carboxylic acids is 1. The third kappa shape index (κ3) is 3.87. The van der Waals surface area contributed by atoms with Crippen LogP contribution in [0.2, 0.25) is 0 Å². The van der Waals surface area contributed by atoms with E-state index in [0.29, 0.717) is 22.1 Å². The number of carbonyl (C=O) groups is 1. The zero-order valence-corrected chi connectivity index (χ0v) is 17.7. The minimum Gasteiger partial charge on any atom is -0.454 e. The van der Waals surface area contributed by atoms with Gasteiger partial charge in [-0.1, -0.05) is 6.07 Å². The van der Waals surface area contributed by atoms with Gasteiger partial charge < -0.3 is 14.8 Å². The normalized spacial score (nSPS) is 12.3.